The van der Waals surface area contributed by atoms with Crippen molar-refractivity contribution < 1.29 is 9.84 Å². The molecule has 0 aliphatic carbocycles. The summed E-state index contributed by atoms with van der Waals surface area (Å²) in [5, 5.41) is 9.49. The van der Waals surface area contributed by atoms with Gasteiger partial charge in [0.05, 0.1) is 6.33 Å². The summed E-state index contributed by atoms with van der Waals surface area (Å²) >= 11 is 1.83. The van der Waals surface area contributed by atoms with E-state index in [4.69, 9.17) is 4.74 Å². The molecule has 1 heterocycles. The Labute approximate surface area is 104 Å². The van der Waals surface area contributed by atoms with Crippen LogP contribution in [0.5, 0.6) is 17.4 Å². The highest BCUT2D eigenvalue weighted by atomic mass is 127. The molecule has 0 bridgehead atoms. The lowest BCUT2D eigenvalue weighted by atomic mass is 10.3. The summed E-state index contributed by atoms with van der Waals surface area (Å²) in [5.41, 5.74) is -0.277. The number of aromatic hydroxyl groups is 1. The molecule has 0 aliphatic heterocycles. The van der Waals surface area contributed by atoms with Gasteiger partial charge in [-0.3, -0.25) is 4.79 Å². The number of rotatable bonds is 2. The molecule has 0 spiro atoms. The van der Waals surface area contributed by atoms with Crippen molar-refractivity contribution in [2.24, 2.45) is 0 Å². The Bertz CT molecular complexity index is 568. The third-order valence-electron chi connectivity index (χ3n) is 1.84. The highest BCUT2D eigenvalue weighted by Crippen LogP contribution is 2.29. The van der Waals surface area contributed by atoms with Crippen molar-refractivity contribution in [3.63, 3.8) is 0 Å². The van der Waals surface area contributed by atoms with E-state index in [-0.39, 0.29) is 22.9 Å². The number of ether oxygens (including phenoxy) is 1. The van der Waals surface area contributed by atoms with Gasteiger partial charge in [0, 0.05) is 0 Å². The van der Waals surface area contributed by atoms with Gasteiger partial charge in [0.1, 0.15) is 3.57 Å². The maximum atomic E-state index is 11.3. The molecule has 2 aromatic rings. The van der Waals surface area contributed by atoms with Crippen molar-refractivity contribution in [2.45, 2.75) is 0 Å². The number of hydrogen-bond donors (Lipinski definition) is 2. The summed E-state index contributed by atoms with van der Waals surface area (Å²) in [7, 11) is 0. The second kappa shape index (κ2) is 4.52. The van der Waals surface area contributed by atoms with Crippen LogP contribution in [-0.2, 0) is 0 Å². The molecule has 0 atom stereocenters. The molecule has 82 valence electrons. The van der Waals surface area contributed by atoms with Gasteiger partial charge >= 0.3 is 0 Å². The number of hydrogen-bond acceptors (Lipinski definition) is 4. The van der Waals surface area contributed by atoms with E-state index in [9.17, 15) is 9.90 Å². The van der Waals surface area contributed by atoms with Gasteiger partial charge in [-0.15, -0.1) is 0 Å². The maximum Gasteiger partial charge on any atom is 0.268 e. The van der Waals surface area contributed by atoms with E-state index in [0.29, 0.717) is 3.57 Å². The number of phenolic OH excluding ortho intramolecular Hbond substituents is 1. The van der Waals surface area contributed by atoms with Crippen LogP contribution in [-0.4, -0.2) is 15.1 Å². The van der Waals surface area contributed by atoms with Gasteiger partial charge in [0.2, 0.25) is 5.88 Å². The Morgan fingerprint density at radius 2 is 2.12 bits per heavy atom. The highest BCUT2D eigenvalue weighted by Gasteiger charge is 2.09. The molecule has 2 rings (SSSR count). The average Bonchev–Trinajstić information content (AvgIpc) is 2.28. The van der Waals surface area contributed by atoms with Crippen LogP contribution in [0.2, 0.25) is 0 Å². The number of nitrogens with one attached hydrogen (secondary N) is 1. The summed E-state index contributed by atoms with van der Waals surface area (Å²) in [6, 6.07) is 6.48. The van der Waals surface area contributed by atoms with E-state index in [2.05, 4.69) is 9.97 Å². The summed E-state index contributed by atoms with van der Waals surface area (Å²) in [6.45, 7) is 0. The molecule has 6 heteroatoms. The largest absolute Gasteiger partial charge is 0.504 e. The smallest absolute Gasteiger partial charge is 0.268 e. The van der Waals surface area contributed by atoms with E-state index in [1.54, 1.807) is 18.2 Å². The number of aromatic nitrogens is 2. The lowest BCUT2D eigenvalue weighted by Gasteiger charge is -2.06. The molecule has 0 radical (unpaired) electrons. The number of nitrogens with zero attached hydrogens (tertiary/aromatic N) is 1. The van der Waals surface area contributed by atoms with Crippen LogP contribution in [0.15, 0.2) is 35.4 Å². The first-order chi connectivity index (χ1) is 7.68. The second-order valence-electron chi connectivity index (χ2n) is 2.92. The van der Waals surface area contributed by atoms with Crippen molar-refractivity contribution in [2.75, 3.05) is 0 Å². The summed E-state index contributed by atoms with van der Waals surface area (Å²) in [4.78, 5) is 17.6. The van der Waals surface area contributed by atoms with Gasteiger partial charge < -0.3 is 14.8 Å². The van der Waals surface area contributed by atoms with Crippen molar-refractivity contribution >= 4 is 22.6 Å². The average molecular weight is 330 g/mol. The zero-order valence-electron chi connectivity index (χ0n) is 7.98. The molecule has 0 unspecified atom stereocenters. The monoisotopic (exact) mass is 330 g/mol. The fourth-order valence-corrected chi connectivity index (χ4v) is 1.49. The zero-order valence-corrected chi connectivity index (χ0v) is 10.1. The first kappa shape index (κ1) is 10.9. The first-order valence-electron chi connectivity index (χ1n) is 4.37. The zero-order chi connectivity index (χ0) is 11.5. The van der Waals surface area contributed by atoms with Gasteiger partial charge in [0.25, 0.3) is 5.56 Å². The Kier molecular flexibility index (Phi) is 3.09. The molecule has 16 heavy (non-hydrogen) atoms. The number of phenols is 1. The normalized spacial score (nSPS) is 10.1. The Morgan fingerprint density at radius 3 is 2.88 bits per heavy atom. The topological polar surface area (TPSA) is 75.2 Å². The van der Waals surface area contributed by atoms with Crippen LogP contribution >= 0.6 is 22.6 Å². The number of aromatic amines is 1. The lowest BCUT2D eigenvalue weighted by molar-refractivity contribution is 0.400. The van der Waals surface area contributed by atoms with Gasteiger partial charge in [-0.1, -0.05) is 12.1 Å². The Morgan fingerprint density at radius 1 is 1.38 bits per heavy atom. The molecule has 0 saturated carbocycles. The third kappa shape index (κ3) is 2.16. The lowest BCUT2D eigenvalue weighted by Crippen LogP contribution is -2.11. The van der Waals surface area contributed by atoms with Crippen molar-refractivity contribution in [3.05, 3.63) is 44.5 Å². The summed E-state index contributed by atoms with van der Waals surface area (Å²) in [6.07, 6.45) is 1.25. The molecular formula is C10H7IN2O3. The van der Waals surface area contributed by atoms with Crippen LogP contribution in [0.4, 0.5) is 0 Å². The number of para-hydroxylation sites is 2. The van der Waals surface area contributed by atoms with E-state index in [0.717, 1.165) is 0 Å². The van der Waals surface area contributed by atoms with Crippen LogP contribution in [0.25, 0.3) is 0 Å². The Hall–Kier alpha value is -1.57. The molecule has 5 nitrogen and oxygen atoms in total. The van der Waals surface area contributed by atoms with Gasteiger partial charge in [-0.2, -0.15) is 0 Å². The van der Waals surface area contributed by atoms with E-state index in [1.165, 1.54) is 12.4 Å². The molecule has 2 N–H and O–H groups in total. The van der Waals surface area contributed by atoms with Crippen LogP contribution in [0.1, 0.15) is 0 Å². The van der Waals surface area contributed by atoms with Crippen molar-refractivity contribution in [3.8, 4) is 17.4 Å². The van der Waals surface area contributed by atoms with Crippen molar-refractivity contribution in [1.29, 1.82) is 0 Å². The molecule has 0 saturated heterocycles. The number of halogens is 1. The molecule has 1 aromatic heterocycles. The molecule has 0 aliphatic rings. The van der Waals surface area contributed by atoms with Crippen molar-refractivity contribution in [1.82, 2.24) is 9.97 Å². The number of H-pyrrole nitrogens is 1. The number of benzene rings is 1. The van der Waals surface area contributed by atoms with E-state index in [1.807, 2.05) is 22.6 Å². The standard InChI is InChI=1S/C10H7IN2O3/c11-8-9(15)12-5-13-10(8)16-7-4-2-1-3-6(7)14/h1-5,14H,(H,12,13,15). The van der Waals surface area contributed by atoms with E-state index < -0.39 is 0 Å². The predicted octanol–water partition coefficient (Wildman–Crippen LogP) is 1.87. The minimum atomic E-state index is -0.277. The van der Waals surface area contributed by atoms with Gasteiger partial charge in [-0.05, 0) is 34.7 Å². The fourth-order valence-electron chi connectivity index (χ4n) is 1.09. The van der Waals surface area contributed by atoms with E-state index >= 15 is 0 Å². The van der Waals surface area contributed by atoms with Crippen LogP contribution in [0, 0.1) is 3.57 Å². The van der Waals surface area contributed by atoms with Gasteiger partial charge in [0.15, 0.2) is 11.5 Å². The quantitative estimate of drug-likeness (QED) is 0.825. The maximum absolute atomic E-state index is 11.3. The minimum absolute atomic E-state index is 0.000353. The highest BCUT2D eigenvalue weighted by molar-refractivity contribution is 14.1. The summed E-state index contributed by atoms with van der Waals surface area (Å²) in [5.74, 6) is 0.435. The molecule has 1 aromatic carbocycles. The Balaban J connectivity index is 2.38. The predicted molar refractivity (Wildman–Crippen MR) is 65.8 cm³/mol. The van der Waals surface area contributed by atoms with Crippen LogP contribution in [0.3, 0.4) is 0 Å². The first-order valence-corrected chi connectivity index (χ1v) is 5.45. The second-order valence-corrected chi connectivity index (χ2v) is 4.00. The molecule has 0 fully saturated rings. The minimum Gasteiger partial charge on any atom is -0.504 e. The molecule has 0 amide bonds. The molecular weight excluding hydrogens is 323 g/mol. The van der Waals surface area contributed by atoms with Gasteiger partial charge in [-0.25, -0.2) is 4.98 Å². The fraction of sp³-hybridized carbons (Fsp3) is 0. The van der Waals surface area contributed by atoms with Crippen LogP contribution < -0.4 is 10.3 Å². The summed E-state index contributed by atoms with van der Waals surface area (Å²) < 4.78 is 5.67. The SMILES string of the molecule is O=c1[nH]cnc(Oc2ccccc2O)c1I. The third-order valence-corrected chi connectivity index (χ3v) is 2.79.